The molecular formula is C28H36N4O8. The van der Waals surface area contributed by atoms with Crippen molar-refractivity contribution in [2.75, 3.05) is 32.5 Å². The first-order chi connectivity index (χ1) is 18.7. The maximum atomic E-state index is 13.9. The van der Waals surface area contributed by atoms with Gasteiger partial charge in [-0.15, -0.1) is 0 Å². The lowest BCUT2D eigenvalue weighted by molar-refractivity contribution is -0.153. The summed E-state index contributed by atoms with van der Waals surface area (Å²) in [4.78, 5) is 51.8. The van der Waals surface area contributed by atoms with Gasteiger partial charge in [0.05, 0.1) is 17.3 Å². The van der Waals surface area contributed by atoms with Crippen LogP contribution in [0.1, 0.15) is 37.8 Å². The van der Waals surface area contributed by atoms with Gasteiger partial charge in [0, 0.05) is 30.0 Å². The number of amides is 1. The van der Waals surface area contributed by atoms with Crippen molar-refractivity contribution in [3.05, 3.63) is 40.2 Å². The van der Waals surface area contributed by atoms with E-state index < -0.39 is 63.6 Å². The predicted octanol–water partition coefficient (Wildman–Crippen LogP) is 0.333. The number of phenolic OH excluding ortho intramolecular Hbond substituents is 1. The SMILES string of the molecule is CCNC(C)(CC=O)CNc1ccc2c(c1O)C(O)=C1C(=O)C3(O)C(O)=C(C(N)=O)C(=O)[C@@H](N(C)C)C3CC1C2. The van der Waals surface area contributed by atoms with Gasteiger partial charge in [-0.3, -0.25) is 19.3 Å². The first-order valence-corrected chi connectivity index (χ1v) is 13.2. The number of fused-ring (bicyclic) bond motifs is 3. The van der Waals surface area contributed by atoms with Crippen LogP contribution in [0.5, 0.6) is 5.75 Å². The van der Waals surface area contributed by atoms with Crippen molar-refractivity contribution in [2.45, 2.75) is 50.3 Å². The highest BCUT2D eigenvalue weighted by atomic mass is 16.3. The minimum absolute atomic E-state index is 0.00170. The Labute approximate surface area is 231 Å². The summed E-state index contributed by atoms with van der Waals surface area (Å²) in [7, 11) is 3.10. The summed E-state index contributed by atoms with van der Waals surface area (Å²) in [6, 6.07) is 2.22. The minimum Gasteiger partial charge on any atom is -0.508 e. The predicted molar refractivity (Wildman–Crippen MR) is 145 cm³/mol. The van der Waals surface area contributed by atoms with Crippen molar-refractivity contribution in [1.29, 1.82) is 0 Å². The molecule has 40 heavy (non-hydrogen) atoms. The van der Waals surface area contributed by atoms with Crippen molar-refractivity contribution in [1.82, 2.24) is 10.2 Å². The summed E-state index contributed by atoms with van der Waals surface area (Å²) >= 11 is 0. The molecule has 8 N–H and O–H groups in total. The number of hydrogen-bond acceptors (Lipinski definition) is 11. The molecule has 0 radical (unpaired) electrons. The smallest absolute Gasteiger partial charge is 0.255 e. The third kappa shape index (κ3) is 4.36. The molecule has 12 nitrogen and oxygen atoms in total. The molecule has 5 atom stereocenters. The Morgan fingerprint density at radius 3 is 2.50 bits per heavy atom. The molecular weight excluding hydrogens is 520 g/mol. The van der Waals surface area contributed by atoms with Gasteiger partial charge in [0.25, 0.3) is 5.91 Å². The number of benzene rings is 1. The molecule has 3 aliphatic rings. The largest absolute Gasteiger partial charge is 0.508 e. The zero-order valence-electron chi connectivity index (χ0n) is 22.9. The minimum atomic E-state index is -2.68. The molecule has 0 aromatic heterocycles. The van der Waals surface area contributed by atoms with E-state index in [0.29, 0.717) is 12.1 Å². The quantitative estimate of drug-likeness (QED) is 0.125. The van der Waals surface area contributed by atoms with E-state index in [1.165, 1.54) is 4.90 Å². The van der Waals surface area contributed by atoms with E-state index in [2.05, 4.69) is 10.6 Å². The Bertz CT molecular complexity index is 1350. The molecule has 1 aromatic rings. The number of rotatable bonds is 9. The van der Waals surface area contributed by atoms with Crippen LogP contribution in [0.25, 0.3) is 5.76 Å². The van der Waals surface area contributed by atoms with Crippen LogP contribution in [0.2, 0.25) is 0 Å². The summed E-state index contributed by atoms with van der Waals surface area (Å²) in [5, 5.41) is 51.4. The summed E-state index contributed by atoms with van der Waals surface area (Å²) in [6.07, 6.45) is 1.25. The summed E-state index contributed by atoms with van der Waals surface area (Å²) < 4.78 is 0. The molecule has 0 aliphatic heterocycles. The number of carbonyl (C=O) groups is 4. The first kappa shape index (κ1) is 29.2. The lowest BCUT2D eigenvalue weighted by atomic mass is 9.57. The second kappa shape index (κ2) is 10.3. The number of Topliss-reactive ketones (excluding diaryl/α,β-unsaturated/α-hetero) is 2. The van der Waals surface area contributed by atoms with Crippen molar-refractivity contribution < 1.29 is 39.6 Å². The molecule has 4 unspecified atom stereocenters. The zero-order chi connectivity index (χ0) is 29.7. The van der Waals surface area contributed by atoms with Gasteiger partial charge in [-0.05, 0) is 58.0 Å². The topological polar surface area (TPSA) is 203 Å². The maximum Gasteiger partial charge on any atom is 0.255 e. The third-order valence-corrected chi connectivity index (χ3v) is 8.40. The fourth-order valence-corrected chi connectivity index (χ4v) is 6.47. The van der Waals surface area contributed by atoms with E-state index in [4.69, 9.17) is 5.73 Å². The molecule has 1 saturated carbocycles. The van der Waals surface area contributed by atoms with Gasteiger partial charge in [0.1, 0.15) is 29.1 Å². The number of nitrogens with one attached hydrogen (secondary N) is 2. The molecule has 0 heterocycles. The number of primary amides is 1. The van der Waals surface area contributed by atoms with E-state index in [0.717, 1.165) is 6.29 Å². The number of carbonyl (C=O) groups excluding carboxylic acids is 4. The molecule has 1 fully saturated rings. The molecule has 1 aromatic carbocycles. The Morgan fingerprint density at radius 2 is 1.93 bits per heavy atom. The lowest BCUT2D eigenvalue weighted by Gasteiger charge is -2.50. The Balaban J connectivity index is 1.80. The number of hydrogen-bond donors (Lipinski definition) is 7. The molecule has 4 rings (SSSR count). The van der Waals surface area contributed by atoms with Crippen LogP contribution in [0, 0.1) is 11.8 Å². The maximum absolute atomic E-state index is 13.9. The van der Waals surface area contributed by atoms with Crippen LogP contribution in [-0.4, -0.2) is 93.5 Å². The first-order valence-electron chi connectivity index (χ1n) is 13.2. The average Bonchev–Trinajstić information content (AvgIpc) is 2.85. The number of aromatic hydroxyl groups is 1. The number of aliphatic hydroxyl groups is 3. The molecule has 3 aliphatic carbocycles. The number of phenols is 1. The normalized spacial score (nSPS) is 27.6. The van der Waals surface area contributed by atoms with Crippen molar-refractivity contribution >= 4 is 35.2 Å². The van der Waals surface area contributed by atoms with Crippen LogP contribution in [-0.2, 0) is 25.6 Å². The Kier molecular flexibility index (Phi) is 7.56. The Morgan fingerprint density at radius 1 is 1.25 bits per heavy atom. The molecule has 0 bridgehead atoms. The second-order valence-corrected chi connectivity index (χ2v) is 11.3. The summed E-state index contributed by atoms with van der Waals surface area (Å²) in [5.41, 5.74) is 1.81. The van der Waals surface area contributed by atoms with Crippen LogP contribution >= 0.6 is 0 Å². The number of anilines is 1. The van der Waals surface area contributed by atoms with Crippen molar-refractivity contribution in [2.24, 2.45) is 17.6 Å². The van der Waals surface area contributed by atoms with E-state index >= 15 is 0 Å². The average molecular weight is 557 g/mol. The monoisotopic (exact) mass is 556 g/mol. The van der Waals surface area contributed by atoms with Gasteiger partial charge in [-0.25, -0.2) is 0 Å². The second-order valence-electron chi connectivity index (χ2n) is 11.3. The van der Waals surface area contributed by atoms with Gasteiger partial charge in [0.15, 0.2) is 11.4 Å². The van der Waals surface area contributed by atoms with Crippen LogP contribution in [0.15, 0.2) is 29.0 Å². The number of ketones is 2. The van der Waals surface area contributed by atoms with Crippen LogP contribution in [0.4, 0.5) is 5.69 Å². The van der Waals surface area contributed by atoms with Crippen LogP contribution in [0.3, 0.4) is 0 Å². The fraction of sp³-hybridized carbons (Fsp3) is 0.500. The number of aliphatic hydroxyl groups excluding tert-OH is 2. The summed E-state index contributed by atoms with van der Waals surface area (Å²) in [6.45, 7) is 4.63. The van der Waals surface area contributed by atoms with Crippen LogP contribution < -0.4 is 16.4 Å². The molecule has 12 heteroatoms. The number of likely N-dealkylation sites (N-methyl/N-ethyl adjacent to an activating group) is 2. The van der Waals surface area contributed by atoms with Gasteiger partial charge in [0.2, 0.25) is 5.78 Å². The lowest BCUT2D eigenvalue weighted by Crippen LogP contribution is -2.65. The molecule has 0 saturated heterocycles. The fourth-order valence-electron chi connectivity index (χ4n) is 6.47. The van der Waals surface area contributed by atoms with Gasteiger partial charge >= 0.3 is 0 Å². The van der Waals surface area contributed by atoms with E-state index in [1.807, 2.05) is 13.8 Å². The van der Waals surface area contributed by atoms with E-state index in [1.54, 1.807) is 26.2 Å². The van der Waals surface area contributed by atoms with E-state index in [9.17, 15) is 39.6 Å². The third-order valence-electron chi connectivity index (χ3n) is 8.40. The Hall–Kier alpha value is -3.74. The highest BCUT2D eigenvalue weighted by molar-refractivity contribution is 6.24. The zero-order valence-corrected chi connectivity index (χ0v) is 22.9. The van der Waals surface area contributed by atoms with Gasteiger partial charge in [-0.1, -0.05) is 13.0 Å². The molecule has 1 amide bonds. The highest BCUT2D eigenvalue weighted by Crippen LogP contribution is 2.53. The van der Waals surface area contributed by atoms with E-state index in [-0.39, 0.29) is 48.4 Å². The number of aldehydes is 1. The van der Waals surface area contributed by atoms with Crippen molar-refractivity contribution in [3.63, 3.8) is 0 Å². The van der Waals surface area contributed by atoms with Crippen molar-refractivity contribution in [3.8, 4) is 5.75 Å². The highest BCUT2D eigenvalue weighted by Gasteiger charge is 2.64. The van der Waals surface area contributed by atoms with Gasteiger partial charge < -0.3 is 41.6 Å². The number of nitrogens with zero attached hydrogens (tertiary/aromatic N) is 1. The summed E-state index contributed by atoms with van der Waals surface area (Å²) in [5.74, 6) is -6.89. The van der Waals surface area contributed by atoms with Gasteiger partial charge in [-0.2, -0.15) is 0 Å². The number of nitrogens with two attached hydrogens (primary N) is 1. The standard InChI is InChI=1S/C28H36N4O8/c1-5-31-27(2,8-9-33)12-30-16-7-6-13-10-14-11-15-20(32(3)4)23(36)19(26(29)39)25(38)28(15,40)24(37)18(14)22(35)17(13)21(16)34/h6-7,9,14-15,20,30-31,34-35,38,40H,5,8,10-12H2,1-4H3,(H2,29,39)/t14?,15?,20-,27?,28?/m0/s1. The molecule has 0 spiro atoms. The molecule has 216 valence electrons.